The summed E-state index contributed by atoms with van der Waals surface area (Å²) in [7, 11) is 0. The minimum Gasteiger partial charge on any atom is -0.403 e. The molecule has 0 saturated heterocycles. The van der Waals surface area contributed by atoms with Gasteiger partial charge in [-0.05, 0) is 44.2 Å². The number of hydrogen-bond donors (Lipinski definition) is 1. The third kappa shape index (κ3) is 3.24. The Morgan fingerprint density at radius 3 is 2.65 bits per heavy atom. The highest BCUT2D eigenvalue weighted by atomic mass is 35.5. The molecule has 2 heterocycles. The number of amides is 1. The minimum absolute atomic E-state index is 0.0245. The molecule has 0 spiro atoms. The van der Waals surface area contributed by atoms with Crippen LogP contribution in [0.3, 0.4) is 0 Å². The van der Waals surface area contributed by atoms with Crippen LogP contribution in [0.4, 0.5) is 6.01 Å². The van der Waals surface area contributed by atoms with E-state index >= 15 is 0 Å². The van der Waals surface area contributed by atoms with E-state index in [1.54, 1.807) is 41.2 Å². The molecule has 0 bridgehead atoms. The van der Waals surface area contributed by atoms with Crippen molar-refractivity contribution in [1.82, 2.24) is 20.0 Å². The van der Waals surface area contributed by atoms with Gasteiger partial charge in [-0.2, -0.15) is 5.10 Å². The first-order chi connectivity index (χ1) is 11.0. The highest BCUT2D eigenvalue weighted by Crippen LogP contribution is 2.22. The van der Waals surface area contributed by atoms with Gasteiger partial charge in [0.15, 0.2) is 0 Å². The van der Waals surface area contributed by atoms with Crippen LogP contribution < -0.4 is 5.32 Å². The minimum atomic E-state index is -0.359. The van der Waals surface area contributed by atoms with E-state index in [0.29, 0.717) is 16.6 Å². The summed E-state index contributed by atoms with van der Waals surface area (Å²) >= 11 is 5.84. The topological polar surface area (TPSA) is 85.8 Å². The lowest BCUT2D eigenvalue weighted by molar-refractivity contribution is 0.101. The van der Waals surface area contributed by atoms with Crippen LogP contribution in [0.5, 0.6) is 0 Å². The number of rotatable bonds is 4. The summed E-state index contributed by atoms with van der Waals surface area (Å²) in [6.07, 6.45) is 1.57. The molecule has 7 nitrogen and oxygen atoms in total. The van der Waals surface area contributed by atoms with Crippen molar-refractivity contribution in [3.05, 3.63) is 47.2 Å². The Balaban J connectivity index is 1.77. The maximum absolute atomic E-state index is 12.3. The summed E-state index contributed by atoms with van der Waals surface area (Å²) in [6.45, 7) is 3.88. The Morgan fingerprint density at radius 2 is 1.96 bits per heavy atom. The zero-order chi connectivity index (χ0) is 16.4. The summed E-state index contributed by atoms with van der Waals surface area (Å²) in [4.78, 5) is 12.3. The van der Waals surface area contributed by atoms with E-state index in [9.17, 15) is 4.79 Å². The van der Waals surface area contributed by atoms with Crippen LogP contribution in [0, 0.1) is 0 Å². The fraction of sp³-hybridized carbons (Fsp3) is 0.200. The van der Waals surface area contributed by atoms with Crippen molar-refractivity contribution in [3.63, 3.8) is 0 Å². The number of hydrogen-bond acceptors (Lipinski definition) is 5. The molecule has 0 saturated carbocycles. The second-order valence-electron chi connectivity index (χ2n) is 5.13. The first-order valence-corrected chi connectivity index (χ1v) is 7.36. The van der Waals surface area contributed by atoms with Gasteiger partial charge in [0.05, 0.1) is 0 Å². The van der Waals surface area contributed by atoms with E-state index < -0.39 is 0 Å². The van der Waals surface area contributed by atoms with Gasteiger partial charge in [0.1, 0.15) is 5.69 Å². The van der Waals surface area contributed by atoms with Gasteiger partial charge in [-0.1, -0.05) is 16.7 Å². The van der Waals surface area contributed by atoms with Crippen LogP contribution >= 0.6 is 11.6 Å². The number of carbonyl (C=O) groups is 1. The molecule has 3 rings (SSSR count). The average molecular weight is 332 g/mol. The molecule has 0 aliphatic heterocycles. The summed E-state index contributed by atoms with van der Waals surface area (Å²) in [5, 5.41) is 15.0. The van der Waals surface area contributed by atoms with Gasteiger partial charge in [-0.15, -0.1) is 5.10 Å². The average Bonchev–Trinajstić information content (AvgIpc) is 3.16. The predicted octanol–water partition coefficient (Wildman–Crippen LogP) is 3.42. The van der Waals surface area contributed by atoms with Crippen LogP contribution in [0.15, 0.2) is 40.9 Å². The van der Waals surface area contributed by atoms with E-state index in [0.717, 1.165) is 5.56 Å². The van der Waals surface area contributed by atoms with Gasteiger partial charge in [-0.3, -0.25) is 14.8 Å². The quantitative estimate of drug-likeness (QED) is 0.791. The fourth-order valence-corrected chi connectivity index (χ4v) is 2.18. The van der Waals surface area contributed by atoms with E-state index in [2.05, 4.69) is 20.6 Å². The van der Waals surface area contributed by atoms with Gasteiger partial charge in [-0.25, -0.2) is 0 Å². The molecular formula is C15H14ClN5O2. The van der Waals surface area contributed by atoms with Crippen molar-refractivity contribution in [2.24, 2.45) is 0 Å². The molecule has 23 heavy (non-hydrogen) atoms. The lowest BCUT2D eigenvalue weighted by atomic mass is 10.2. The highest BCUT2D eigenvalue weighted by Gasteiger charge is 2.17. The lowest BCUT2D eigenvalue weighted by Crippen LogP contribution is -2.19. The Labute approximate surface area is 137 Å². The van der Waals surface area contributed by atoms with Crippen molar-refractivity contribution in [3.8, 4) is 11.5 Å². The zero-order valence-corrected chi connectivity index (χ0v) is 13.3. The zero-order valence-electron chi connectivity index (χ0n) is 12.5. The maximum atomic E-state index is 12.3. The van der Waals surface area contributed by atoms with E-state index in [4.69, 9.17) is 16.0 Å². The molecule has 3 aromatic rings. The summed E-state index contributed by atoms with van der Waals surface area (Å²) in [5.41, 5.74) is 1.14. The van der Waals surface area contributed by atoms with Crippen LogP contribution in [-0.4, -0.2) is 25.9 Å². The Hall–Kier alpha value is -2.67. The first-order valence-electron chi connectivity index (χ1n) is 6.99. The van der Waals surface area contributed by atoms with Crippen molar-refractivity contribution in [2.45, 2.75) is 19.9 Å². The predicted molar refractivity (Wildman–Crippen MR) is 85.3 cm³/mol. The molecule has 1 aromatic carbocycles. The lowest BCUT2D eigenvalue weighted by Gasteiger charge is -2.09. The van der Waals surface area contributed by atoms with Gasteiger partial charge in [0.2, 0.25) is 5.89 Å². The standard InChI is InChI=1S/C15H14ClN5O2/c1-9(2)21-12(7-8-17-21)13(22)18-15-20-19-14(23-15)10-3-5-11(16)6-4-10/h3-9H,1-2H3,(H,18,20,22). The maximum Gasteiger partial charge on any atom is 0.322 e. The number of aromatic nitrogens is 4. The highest BCUT2D eigenvalue weighted by molar-refractivity contribution is 6.30. The normalized spacial score (nSPS) is 11.0. The van der Waals surface area contributed by atoms with Crippen molar-refractivity contribution in [2.75, 3.05) is 5.32 Å². The molecule has 0 aliphatic rings. The molecule has 0 aliphatic carbocycles. The monoisotopic (exact) mass is 331 g/mol. The summed E-state index contributed by atoms with van der Waals surface area (Å²) < 4.78 is 7.07. The molecule has 1 N–H and O–H groups in total. The van der Waals surface area contributed by atoms with Crippen LogP contribution in [0.1, 0.15) is 30.4 Å². The third-order valence-electron chi connectivity index (χ3n) is 3.13. The molecule has 0 radical (unpaired) electrons. The second kappa shape index (κ2) is 6.21. The molecule has 8 heteroatoms. The molecule has 118 valence electrons. The molecular weight excluding hydrogens is 318 g/mol. The molecule has 1 amide bonds. The second-order valence-corrected chi connectivity index (χ2v) is 5.56. The van der Waals surface area contributed by atoms with E-state index in [-0.39, 0.29) is 18.0 Å². The first kappa shape index (κ1) is 15.2. The SMILES string of the molecule is CC(C)n1nccc1C(=O)Nc1nnc(-c2ccc(Cl)cc2)o1. The van der Waals surface area contributed by atoms with Gasteiger partial charge in [0, 0.05) is 22.8 Å². The van der Waals surface area contributed by atoms with E-state index in [1.807, 2.05) is 13.8 Å². The Bertz CT molecular complexity index is 823. The molecule has 0 fully saturated rings. The van der Waals surface area contributed by atoms with Crippen molar-refractivity contribution < 1.29 is 9.21 Å². The third-order valence-corrected chi connectivity index (χ3v) is 3.38. The van der Waals surface area contributed by atoms with Gasteiger partial charge < -0.3 is 4.42 Å². The summed E-state index contributed by atoms with van der Waals surface area (Å²) in [5.74, 6) is -0.0585. The molecule has 0 unspecified atom stereocenters. The molecule has 0 atom stereocenters. The van der Waals surface area contributed by atoms with Crippen molar-refractivity contribution in [1.29, 1.82) is 0 Å². The van der Waals surface area contributed by atoms with Crippen LogP contribution in [0.25, 0.3) is 11.5 Å². The van der Waals surface area contributed by atoms with Gasteiger partial charge in [0.25, 0.3) is 5.91 Å². The Morgan fingerprint density at radius 1 is 1.22 bits per heavy atom. The summed E-state index contributed by atoms with van der Waals surface area (Å²) in [6, 6.07) is 8.69. The van der Waals surface area contributed by atoms with Crippen LogP contribution in [-0.2, 0) is 0 Å². The number of carbonyl (C=O) groups excluding carboxylic acids is 1. The van der Waals surface area contributed by atoms with Gasteiger partial charge >= 0.3 is 6.01 Å². The van der Waals surface area contributed by atoms with E-state index in [1.165, 1.54) is 0 Å². The number of benzene rings is 1. The number of halogens is 1. The fourth-order valence-electron chi connectivity index (χ4n) is 2.05. The van der Waals surface area contributed by atoms with Crippen LogP contribution in [0.2, 0.25) is 5.02 Å². The smallest absolute Gasteiger partial charge is 0.322 e. The van der Waals surface area contributed by atoms with Crippen molar-refractivity contribution >= 4 is 23.5 Å². The Kier molecular flexibility index (Phi) is 4.12. The largest absolute Gasteiger partial charge is 0.403 e. The molecule has 2 aromatic heterocycles. The number of nitrogens with one attached hydrogen (secondary N) is 1. The number of nitrogens with zero attached hydrogens (tertiary/aromatic N) is 4. The number of anilines is 1.